The first-order valence-electron chi connectivity index (χ1n) is 8.60. The van der Waals surface area contributed by atoms with Gasteiger partial charge in [-0.05, 0) is 48.8 Å². The summed E-state index contributed by atoms with van der Waals surface area (Å²) >= 11 is 5.35. The first kappa shape index (κ1) is 19.3. The average Bonchev–Trinajstić information content (AvgIpc) is 2.58. The summed E-state index contributed by atoms with van der Waals surface area (Å²) in [7, 11) is 4.26. The molecule has 0 aliphatic rings. The van der Waals surface area contributed by atoms with E-state index >= 15 is 0 Å². The van der Waals surface area contributed by atoms with E-state index in [-0.39, 0.29) is 11.9 Å². The van der Waals surface area contributed by atoms with Crippen LogP contribution >= 0.6 is 12.2 Å². The minimum atomic E-state index is -0.237. The smallest absolute Gasteiger partial charge is 0.171 e. The number of rotatable bonds is 6. The number of quaternary nitrogens is 1. The van der Waals surface area contributed by atoms with E-state index in [9.17, 15) is 4.39 Å². The lowest BCUT2D eigenvalue weighted by molar-refractivity contribution is -0.890. The maximum Gasteiger partial charge on any atom is 0.171 e. The van der Waals surface area contributed by atoms with Crippen molar-refractivity contribution >= 4 is 23.0 Å². The number of halogens is 1. The van der Waals surface area contributed by atoms with Crippen LogP contribution in [0, 0.1) is 12.7 Å². The Morgan fingerprint density at radius 2 is 1.84 bits per heavy atom. The lowest BCUT2D eigenvalue weighted by Gasteiger charge is -2.23. The normalized spacial score (nSPS) is 12.1. The van der Waals surface area contributed by atoms with E-state index in [1.807, 2.05) is 6.07 Å². The van der Waals surface area contributed by atoms with Crippen LogP contribution in [0.2, 0.25) is 0 Å². The van der Waals surface area contributed by atoms with Gasteiger partial charge in [-0.3, -0.25) is 0 Å². The SMILES string of the molecule is CCc1ccc([C@@H](CNC(=S)Nc2ccc(C)c(F)c2)[NH+](C)C)cc1. The number of hydrogen-bond acceptors (Lipinski definition) is 1. The third-order valence-corrected chi connectivity index (χ3v) is 4.63. The fourth-order valence-corrected chi connectivity index (χ4v) is 2.88. The van der Waals surface area contributed by atoms with Crippen molar-refractivity contribution in [3.63, 3.8) is 0 Å². The highest BCUT2D eigenvalue weighted by molar-refractivity contribution is 7.80. The van der Waals surface area contributed by atoms with Crippen molar-refractivity contribution in [1.82, 2.24) is 5.32 Å². The zero-order valence-electron chi connectivity index (χ0n) is 15.3. The van der Waals surface area contributed by atoms with Crippen molar-refractivity contribution in [2.24, 2.45) is 0 Å². The van der Waals surface area contributed by atoms with Gasteiger partial charge in [-0.2, -0.15) is 0 Å². The topological polar surface area (TPSA) is 28.5 Å². The van der Waals surface area contributed by atoms with Crippen LogP contribution in [0.15, 0.2) is 42.5 Å². The molecule has 0 saturated heterocycles. The quantitative estimate of drug-likeness (QED) is 0.692. The van der Waals surface area contributed by atoms with Crippen molar-refractivity contribution in [2.75, 3.05) is 26.0 Å². The van der Waals surface area contributed by atoms with Gasteiger partial charge in [0.2, 0.25) is 0 Å². The molecule has 0 unspecified atom stereocenters. The highest BCUT2D eigenvalue weighted by Gasteiger charge is 2.18. The van der Waals surface area contributed by atoms with Crippen molar-refractivity contribution in [3.05, 3.63) is 65.0 Å². The maximum absolute atomic E-state index is 13.6. The van der Waals surface area contributed by atoms with Gasteiger partial charge in [-0.1, -0.05) is 37.3 Å². The zero-order valence-corrected chi connectivity index (χ0v) is 16.1. The predicted molar refractivity (Wildman–Crippen MR) is 107 cm³/mol. The third kappa shape index (κ3) is 5.51. The molecule has 25 heavy (non-hydrogen) atoms. The molecule has 2 aromatic rings. The van der Waals surface area contributed by atoms with E-state index in [1.54, 1.807) is 13.0 Å². The molecule has 0 spiro atoms. The summed E-state index contributed by atoms with van der Waals surface area (Å²) in [6.07, 6.45) is 1.04. The molecule has 134 valence electrons. The summed E-state index contributed by atoms with van der Waals surface area (Å²) in [5.74, 6) is -0.237. The minimum absolute atomic E-state index is 0.237. The van der Waals surface area contributed by atoms with Crippen LogP contribution in [0.3, 0.4) is 0 Å². The van der Waals surface area contributed by atoms with Crippen LogP contribution < -0.4 is 15.5 Å². The molecule has 0 aromatic heterocycles. The van der Waals surface area contributed by atoms with Gasteiger partial charge in [-0.25, -0.2) is 4.39 Å². The first-order chi connectivity index (χ1) is 11.9. The van der Waals surface area contributed by atoms with Gasteiger partial charge >= 0.3 is 0 Å². The van der Waals surface area contributed by atoms with Crippen molar-refractivity contribution < 1.29 is 9.29 Å². The molecule has 0 radical (unpaired) electrons. The van der Waals surface area contributed by atoms with Crippen molar-refractivity contribution in [2.45, 2.75) is 26.3 Å². The second-order valence-electron chi connectivity index (χ2n) is 6.52. The standard InChI is InChI=1S/C20H26FN3S/c1-5-15-7-9-16(10-8-15)19(24(3)4)13-22-20(25)23-17-11-6-14(2)18(21)12-17/h6-12,19H,5,13H2,1-4H3,(H2,22,23,25)/p+1/t19-/m1/s1. The lowest BCUT2D eigenvalue weighted by Crippen LogP contribution is -3.07. The van der Waals surface area contributed by atoms with E-state index in [2.05, 4.69) is 55.9 Å². The van der Waals surface area contributed by atoms with Gasteiger partial charge in [0.05, 0.1) is 20.6 Å². The molecular formula is C20H27FN3S+. The highest BCUT2D eigenvalue weighted by Crippen LogP contribution is 2.14. The van der Waals surface area contributed by atoms with Crippen LogP contribution in [-0.4, -0.2) is 25.8 Å². The second-order valence-corrected chi connectivity index (χ2v) is 6.93. The summed E-state index contributed by atoms with van der Waals surface area (Å²) in [5, 5.41) is 6.80. The molecule has 0 aliphatic carbocycles. The van der Waals surface area contributed by atoms with Crippen LogP contribution in [0.1, 0.15) is 29.7 Å². The molecule has 1 atom stereocenters. The zero-order chi connectivity index (χ0) is 18.4. The predicted octanol–water partition coefficient (Wildman–Crippen LogP) is 2.87. The van der Waals surface area contributed by atoms with E-state index in [1.165, 1.54) is 22.1 Å². The highest BCUT2D eigenvalue weighted by atomic mass is 32.1. The molecule has 5 heteroatoms. The van der Waals surface area contributed by atoms with E-state index in [4.69, 9.17) is 12.2 Å². The summed E-state index contributed by atoms with van der Waals surface area (Å²) in [6.45, 7) is 4.60. The number of aryl methyl sites for hydroxylation is 2. The molecule has 0 fully saturated rings. The molecule has 2 rings (SSSR count). The Bertz CT molecular complexity index is 713. The van der Waals surface area contributed by atoms with E-state index in [0.29, 0.717) is 22.9 Å². The Morgan fingerprint density at radius 3 is 2.40 bits per heavy atom. The van der Waals surface area contributed by atoms with Crippen LogP contribution in [0.25, 0.3) is 0 Å². The Morgan fingerprint density at radius 1 is 1.16 bits per heavy atom. The summed E-state index contributed by atoms with van der Waals surface area (Å²) in [4.78, 5) is 1.32. The number of hydrogen-bond donors (Lipinski definition) is 3. The molecule has 0 aliphatic heterocycles. The van der Waals surface area contributed by atoms with Gasteiger partial charge in [-0.15, -0.1) is 0 Å². The Kier molecular flexibility index (Phi) is 6.91. The summed E-state index contributed by atoms with van der Waals surface area (Å²) < 4.78 is 13.6. The van der Waals surface area contributed by atoms with Crippen LogP contribution in [0.5, 0.6) is 0 Å². The number of likely N-dealkylation sites (N-methyl/N-ethyl adjacent to an activating group) is 1. The van der Waals surface area contributed by atoms with Crippen molar-refractivity contribution in [3.8, 4) is 0 Å². The van der Waals surface area contributed by atoms with Gasteiger partial charge in [0.15, 0.2) is 5.11 Å². The molecule has 0 heterocycles. The summed E-state index contributed by atoms with van der Waals surface area (Å²) in [6, 6.07) is 14.0. The van der Waals surface area contributed by atoms with Crippen LogP contribution in [-0.2, 0) is 6.42 Å². The van der Waals surface area contributed by atoms with Gasteiger partial charge in [0.1, 0.15) is 11.9 Å². The monoisotopic (exact) mass is 360 g/mol. The van der Waals surface area contributed by atoms with Gasteiger partial charge < -0.3 is 15.5 Å². The van der Waals surface area contributed by atoms with E-state index in [0.717, 1.165) is 6.42 Å². The molecule has 3 N–H and O–H groups in total. The Hall–Kier alpha value is -1.98. The fraction of sp³-hybridized carbons (Fsp3) is 0.350. The Balaban J connectivity index is 1.97. The molecule has 0 amide bonds. The molecule has 0 bridgehead atoms. The fourth-order valence-electron chi connectivity index (χ4n) is 2.68. The minimum Gasteiger partial charge on any atom is -0.356 e. The number of nitrogens with one attached hydrogen (secondary N) is 3. The summed E-state index contributed by atoms with van der Waals surface area (Å²) in [5.41, 5.74) is 3.88. The number of benzene rings is 2. The molecular weight excluding hydrogens is 333 g/mol. The Labute approximate surface area is 155 Å². The van der Waals surface area contributed by atoms with Crippen LogP contribution in [0.4, 0.5) is 10.1 Å². The molecule has 0 saturated carbocycles. The van der Waals surface area contributed by atoms with E-state index < -0.39 is 0 Å². The molecule has 3 nitrogen and oxygen atoms in total. The lowest BCUT2D eigenvalue weighted by atomic mass is 10.0. The first-order valence-corrected chi connectivity index (χ1v) is 9.01. The van der Waals surface area contributed by atoms with Gasteiger partial charge in [0, 0.05) is 11.3 Å². The second kappa shape index (κ2) is 8.92. The average molecular weight is 361 g/mol. The third-order valence-electron chi connectivity index (χ3n) is 4.38. The largest absolute Gasteiger partial charge is 0.356 e. The van der Waals surface area contributed by atoms with Crippen molar-refractivity contribution in [1.29, 1.82) is 0 Å². The molecule has 2 aromatic carbocycles. The number of anilines is 1. The maximum atomic E-state index is 13.6. The number of thiocarbonyl (C=S) groups is 1. The van der Waals surface area contributed by atoms with Gasteiger partial charge in [0.25, 0.3) is 0 Å².